The maximum Gasteiger partial charge on any atom is 0.278 e. The third-order valence-electron chi connectivity index (χ3n) is 2.48. The second-order valence-electron chi connectivity index (χ2n) is 3.51. The molecular formula is C10H7N5OS2. The summed E-state index contributed by atoms with van der Waals surface area (Å²) in [7, 11) is 0. The number of nitrogens with zero attached hydrogens (tertiary/aromatic N) is 4. The summed E-state index contributed by atoms with van der Waals surface area (Å²) in [6, 6.07) is 7.73. The van der Waals surface area contributed by atoms with Gasteiger partial charge in [-0.05, 0) is 12.1 Å². The predicted octanol–water partition coefficient (Wildman–Crippen LogP) is 1.15. The number of para-hydroxylation sites is 1. The first-order valence-electron chi connectivity index (χ1n) is 4.99. The van der Waals surface area contributed by atoms with Gasteiger partial charge >= 0.3 is 0 Å². The summed E-state index contributed by atoms with van der Waals surface area (Å²) < 4.78 is 2.78. The second-order valence-corrected chi connectivity index (χ2v) is 4.76. The van der Waals surface area contributed by atoms with E-state index in [1.807, 2.05) is 24.3 Å². The van der Waals surface area contributed by atoms with Crippen molar-refractivity contribution >= 4 is 56.0 Å². The standard InChI is InChI=1S/C10H7N5OS2/c11-15(8(16)5-17)9-12-13-10-14(9)6-3-1-2-4-7(6)18-10/h1-5H,11H2. The molecule has 0 atom stereocenters. The first-order chi connectivity index (χ1) is 8.72. The van der Waals surface area contributed by atoms with Crippen molar-refractivity contribution in [1.82, 2.24) is 14.6 Å². The second kappa shape index (κ2) is 4.09. The number of rotatable bonds is 2. The van der Waals surface area contributed by atoms with Gasteiger partial charge in [-0.3, -0.25) is 9.20 Å². The Balaban J connectivity index is 2.30. The molecule has 2 aromatic heterocycles. The molecule has 0 saturated carbocycles. The molecule has 1 aromatic carbocycles. The summed E-state index contributed by atoms with van der Waals surface area (Å²) in [6.07, 6.45) is 0. The van der Waals surface area contributed by atoms with Crippen LogP contribution in [0.5, 0.6) is 0 Å². The lowest BCUT2D eigenvalue weighted by Crippen LogP contribution is -2.39. The van der Waals surface area contributed by atoms with Crippen LogP contribution in [-0.4, -0.2) is 25.9 Å². The van der Waals surface area contributed by atoms with E-state index in [1.54, 1.807) is 4.40 Å². The molecule has 0 radical (unpaired) electrons. The van der Waals surface area contributed by atoms with Crippen LogP contribution in [-0.2, 0) is 4.79 Å². The van der Waals surface area contributed by atoms with Gasteiger partial charge in [-0.1, -0.05) is 35.7 Å². The van der Waals surface area contributed by atoms with Gasteiger partial charge in [0.15, 0.2) is 0 Å². The highest BCUT2D eigenvalue weighted by Gasteiger charge is 2.19. The van der Waals surface area contributed by atoms with Crippen LogP contribution >= 0.6 is 23.6 Å². The molecule has 0 unspecified atom stereocenters. The molecule has 2 N–H and O–H groups in total. The van der Waals surface area contributed by atoms with Gasteiger partial charge in [-0.15, -0.1) is 10.2 Å². The normalized spacial score (nSPS) is 10.9. The number of hydrogen-bond acceptors (Lipinski definition) is 6. The molecule has 90 valence electrons. The Kier molecular flexibility index (Phi) is 2.54. The SMILES string of the molecule is NN(C(=O)C=S)c1nnc2sc3ccccc3n12. The number of carbonyl (C=O) groups is 1. The smallest absolute Gasteiger partial charge is 0.267 e. The number of benzene rings is 1. The lowest BCUT2D eigenvalue weighted by Gasteiger charge is -2.10. The predicted molar refractivity (Wildman–Crippen MR) is 73.7 cm³/mol. The summed E-state index contributed by atoms with van der Waals surface area (Å²) in [5.41, 5.74) is 0.908. The lowest BCUT2D eigenvalue weighted by molar-refractivity contribution is -0.112. The van der Waals surface area contributed by atoms with Crippen LogP contribution in [0.1, 0.15) is 0 Å². The largest absolute Gasteiger partial charge is 0.278 e. The molecule has 18 heavy (non-hydrogen) atoms. The first-order valence-corrected chi connectivity index (χ1v) is 6.28. The van der Waals surface area contributed by atoms with Crippen LogP contribution in [0.15, 0.2) is 24.3 Å². The molecule has 0 bridgehead atoms. The molecule has 0 fully saturated rings. The third-order valence-corrected chi connectivity index (χ3v) is 3.69. The van der Waals surface area contributed by atoms with Gasteiger partial charge in [0, 0.05) is 0 Å². The van der Waals surface area contributed by atoms with E-state index in [4.69, 9.17) is 5.84 Å². The van der Waals surface area contributed by atoms with Crippen molar-refractivity contribution in [2.45, 2.75) is 0 Å². The minimum atomic E-state index is -0.505. The Labute approximate surface area is 111 Å². The van der Waals surface area contributed by atoms with E-state index in [9.17, 15) is 4.79 Å². The van der Waals surface area contributed by atoms with Gasteiger partial charge in [-0.25, -0.2) is 10.9 Å². The van der Waals surface area contributed by atoms with Crippen LogP contribution in [0.4, 0.5) is 5.95 Å². The Morgan fingerprint density at radius 3 is 3.00 bits per heavy atom. The number of aromatic nitrogens is 3. The van der Waals surface area contributed by atoms with Gasteiger partial charge in [0.1, 0.15) is 0 Å². The number of fused-ring (bicyclic) bond motifs is 3. The Bertz CT molecular complexity index is 762. The van der Waals surface area contributed by atoms with Crippen LogP contribution in [0.3, 0.4) is 0 Å². The number of nitrogens with two attached hydrogens (primary N) is 1. The van der Waals surface area contributed by atoms with Crippen molar-refractivity contribution in [3.8, 4) is 0 Å². The zero-order valence-corrected chi connectivity index (χ0v) is 10.6. The van der Waals surface area contributed by atoms with Gasteiger partial charge in [0.25, 0.3) is 11.9 Å². The van der Waals surface area contributed by atoms with Crippen molar-refractivity contribution in [3.63, 3.8) is 0 Å². The van der Waals surface area contributed by atoms with Crippen LogP contribution in [0.2, 0.25) is 0 Å². The maximum atomic E-state index is 11.5. The lowest BCUT2D eigenvalue weighted by atomic mass is 10.3. The molecule has 8 heteroatoms. The number of carbonyl (C=O) groups excluding carboxylic acids is 1. The van der Waals surface area contributed by atoms with E-state index in [0.29, 0.717) is 4.96 Å². The number of amides is 1. The van der Waals surface area contributed by atoms with Crippen molar-refractivity contribution in [2.75, 3.05) is 5.01 Å². The third kappa shape index (κ3) is 1.50. The van der Waals surface area contributed by atoms with Crippen LogP contribution in [0.25, 0.3) is 15.2 Å². The van der Waals surface area contributed by atoms with E-state index in [0.717, 1.165) is 20.6 Å². The molecule has 0 aliphatic rings. The van der Waals surface area contributed by atoms with Gasteiger partial charge < -0.3 is 0 Å². The molecule has 0 spiro atoms. The Morgan fingerprint density at radius 2 is 2.22 bits per heavy atom. The summed E-state index contributed by atoms with van der Waals surface area (Å²) in [5, 5.41) is 9.78. The molecule has 0 saturated heterocycles. The Morgan fingerprint density at radius 1 is 1.44 bits per heavy atom. The van der Waals surface area contributed by atoms with E-state index in [1.165, 1.54) is 11.3 Å². The van der Waals surface area contributed by atoms with Crippen LogP contribution < -0.4 is 10.9 Å². The van der Waals surface area contributed by atoms with Crippen molar-refractivity contribution in [1.29, 1.82) is 0 Å². The fourth-order valence-corrected chi connectivity index (χ4v) is 2.75. The molecule has 0 aliphatic carbocycles. The average molecular weight is 277 g/mol. The van der Waals surface area contributed by atoms with Gasteiger partial charge in [0.2, 0.25) is 4.96 Å². The Hall–Kier alpha value is -1.90. The van der Waals surface area contributed by atoms with Crippen LogP contribution in [0, 0.1) is 0 Å². The topological polar surface area (TPSA) is 76.5 Å². The number of anilines is 1. The molecular weight excluding hydrogens is 270 g/mol. The minimum Gasteiger partial charge on any atom is -0.267 e. The number of hydrazine groups is 1. The molecule has 3 aromatic rings. The van der Waals surface area contributed by atoms with E-state index in [2.05, 4.69) is 22.4 Å². The van der Waals surface area contributed by atoms with Gasteiger partial charge in [-0.2, -0.15) is 0 Å². The zero-order chi connectivity index (χ0) is 12.7. The van der Waals surface area contributed by atoms with E-state index < -0.39 is 5.91 Å². The number of thiazole rings is 1. The van der Waals surface area contributed by atoms with Crippen molar-refractivity contribution < 1.29 is 4.79 Å². The summed E-state index contributed by atoms with van der Waals surface area (Å²) >= 11 is 6.05. The molecule has 1 amide bonds. The highest BCUT2D eigenvalue weighted by molar-refractivity contribution is 7.80. The summed E-state index contributed by atoms with van der Waals surface area (Å²) in [4.78, 5) is 12.2. The zero-order valence-electron chi connectivity index (χ0n) is 8.98. The summed E-state index contributed by atoms with van der Waals surface area (Å²) in [5.74, 6) is 5.43. The highest BCUT2D eigenvalue weighted by atomic mass is 32.1. The fraction of sp³-hybridized carbons (Fsp3) is 0. The molecule has 3 rings (SSSR count). The molecule has 6 nitrogen and oxygen atoms in total. The van der Waals surface area contributed by atoms with Crippen molar-refractivity contribution in [3.05, 3.63) is 24.3 Å². The maximum absolute atomic E-state index is 11.5. The monoisotopic (exact) mass is 277 g/mol. The highest BCUT2D eigenvalue weighted by Crippen LogP contribution is 2.28. The van der Waals surface area contributed by atoms with Gasteiger partial charge in [0.05, 0.1) is 15.6 Å². The quantitative estimate of drug-likeness (QED) is 0.329. The first kappa shape index (κ1) is 11.2. The fourth-order valence-electron chi connectivity index (χ4n) is 1.68. The minimum absolute atomic E-state index is 0.258. The summed E-state index contributed by atoms with van der Waals surface area (Å²) in [6.45, 7) is 0. The molecule has 2 heterocycles. The number of thiocarbonyl (C=S) groups is 1. The van der Waals surface area contributed by atoms with E-state index >= 15 is 0 Å². The average Bonchev–Trinajstić information content (AvgIpc) is 2.95. The molecule has 0 aliphatic heterocycles. The van der Waals surface area contributed by atoms with E-state index in [-0.39, 0.29) is 5.95 Å². The van der Waals surface area contributed by atoms with Crippen molar-refractivity contribution in [2.24, 2.45) is 5.84 Å². The number of hydrogen-bond donors (Lipinski definition) is 1.